The number of benzene rings is 1. The summed E-state index contributed by atoms with van der Waals surface area (Å²) in [6.45, 7) is 0. The van der Waals surface area contributed by atoms with Gasteiger partial charge in [-0.05, 0) is 37.1 Å². The van der Waals surface area contributed by atoms with Crippen molar-refractivity contribution in [2.24, 2.45) is 4.99 Å². The number of rotatable bonds is 2. The lowest BCUT2D eigenvalue weighted by atomic mass is 9.96. The third-order valence-corrected chi connectivity index (χ3v) is 4.83. The van der Waals surface area contributed by atoms with E-state index in [2.05, 4.69) is 4.98 Å². The van der Waals surface area contributed by atoms with Crippen molar-refractivity contribution < 1.29 is 4.79 Å². The summed E-state index contributed by atoms with van der Waals surface area (Å²) >= 11 is 0. The summed E-state index contributed by atoms with van der Waals surface area (Å²) in [6.07, 6.45) is 9.47. The Morgan fingerprint density at radius 2 is 1.80 bits per heavy atom. The van der Waals surface area contributed by atoms with Crippen LogP contribution in [0.1, 0.15) is 42.5 Å². The van der Waals surface area contributed by atoms with Crippen LogP contribution in [0.5, 0.6) is 0 Å². The van der Waals surface area contributed by atoms with Gasteiger partial charge in [-0.1, -0.05) is 43.5 Å². The number of para-hydroxylation sites is 1. The smallest absolute Gasteiger partial charge is 0.264 e. The standard InChI is InChI=1S/C21H21N3O/c25-21(18-13-14-22-19-11-5-4-10-17(18)19)24-15-7-6-12-20(24)23-16-8-2-1-3-9-16/h4-7,10-16H,1-3,8-9H2. The average molecular weight is 331 g/mol. The lowest BCUT2D eigenvalue weighted by Crippen LogP contribution is -2.29. The Morgan fingerprint density at radius 3 is 2.68 bits per heavy atom. The van der Waals surface area contributed by atoms with Crippen molar-refractivity contribution in [1.29, 1.82) is 0 Å². The molecule has 0 atom stereocenters. The van der Waals surface area contributed by atoms with Crippen molar-refractivity contribution in [2.75, 3.05) is 0 Å². The van der Waals surface area contributed by atoms with Gasteiger partial charge < -0.3 is 0 Å². The number of carbonyl (C=O) groups excluding carboxylic acids is 1. The predicted molar refractivity (Wildman–Crippen MR) is 98.3 cm³/mol. The molecule has 1 aliphatic rings. The molecule has 1 fully saturated rings. The molecular weight excluding hydrogens is 310 g/mol. The zero-order valence-electron chi connectivity index (χ0n) is 14.1. The Labute approximate surface area is 146 Å². The molecule has 0 unspecified atom stereocenters. The van der Waals surface area contributed by atoms with E-state index in [1.54, 1.807) is 23.0 Å². The molecule has 1 saturated carbocycles. The summed E-state index contributed by atoms with van der Waals surface area (Å²) in [4.78, 5) is 22.4. The van der Waals surface area contributed by atoms with E-state index < -0.39 is 0 Å². The largest absolute Gasteiger partial charge is 0.268 e. The molecule has 0 saturated heterocycles. The lowest BCUT2D eigenvalue weighted by Gasteiger charge is -2.18. The van der Waals surface area contributed by atoms with Crippen molar-refractivity contribution >= 4 is 16.8 Å². The van der Waals surface area contributed by atoms with Crippen molar-refractivity contribution in [2.45, 2.75) is 38.1 Å². The minimum Gasteiger partial charge on any atom is -0.268 e. The van der Waals surface area contributed by atoms with Gasteiger partial charge in [-0.3, -0.25) is 19.3 Å². The molecule has 4 heteroatoms. The third kappa shape index (κ3) is 3.25. The number of fused-ring (bicyclic) bond motifs is 1. The van der Waals surface area contributed by atoms with Crippen LogP contribution in [0.3, 0.4) is 0 Å². The molecule has 0 amide bonds. The van der Waals surface area contributed by atoms with Crippen molar-refractivity contribution in [3.8, 4) is 0 Å². The monoisotopic (exact) mass is 331 g/mol. The quantitative estimate of drug-likeness (QED) is 0.713. The SMILES string of the molecule is O=C(c1ccnc2ccccc12)n1ccccc1=NC1CCCCC1. The van der Waals surface area contributed by atoms with Crippen LogP contribution in [0, 0.1) is 0 Å². The Kier molecular flexibility index (Phi) is 4.42. The van der Waals surface area contributed by atoms with Gasteiger partial charge in [0.05, 0.1) is 17.1 Å². The number of pyridine rings is 2. The third-order valence-electron chi connectivity index (χ3n) is 4.83. The minimum atomic E-state index is -0.0613. The molecule has 3 aromatic rings. The maximum absolute atomic E-state index is 13.2. The lowest BCUT2D eigenvalue weighted by molar-refractivity contribution is 0.0956. The Balaban J connectivity index is 1.79. The van der Waals surface area contributed by atoms with Gasteiger partial charge in [-0.2, -0.15) is 0 Å². The Bertz CT molecular complexity index is 963. The summed E-state index contributed by atoms with van der Waals surface area (Å²) in [5, 5.41) is 0.870. The van der Waals surface area contributed by atoms with Gasteiger partial charge in [0, 0.05) is 17.8 Å². The maximum Gasteiger partial charge on any atom is 0.264 e. The van der Waals surface area contributed by atoms with E-state index in [1.807, 2.05) is 42.5 Å². The average Bonchev–Trinajstić information content (AvgIpc) is 2.68. The summed E-state index contributed by atoms with van der Waals surface area (Å²) < 4.78 is 1.66. The van der Waals surface area contributed by atoms with Gasteiger partial charge >= 0.3 is 0 Å². The molecule has 25 heavy (non-hydrogen) atoms. The predicted octanol–water partition coefficient (Wildman–Crippen LogP) is 3.96. The summed E-state index contributed by atoms with van der Waals surface area (Å²) in [6, 6.07) is 15.6. The molecule has 0 N–H and O–H groups in total. The van der Waals surface area contributed by atoms with E-state index in [9.17, 15) is 4.79 Å². The highest BCUT2D eigenvalue weighted by atomic mass is 16.2. The highest BCUT2D eigenvalue weighted by Gasteiger charge is 2.15. The van der Waals surface area contributed by atoms with Crippen LogP contribution >= 0.6 is 0 Å². The first kappa shape index (κ1) is 15.8. The van der Waals surface area contributed by atoms with Gasteiger partial charge in [0.1, 0.15) is 5.49 Å². The van der Waals surface area contributed by atoms with E-state index in [0.717, 1.165) is 29.2 Å². The van der Waals surface area contributed by atoms with Crippen LogP contribution in [-0.4, -0.2) is 21.5 Å². The number of hydrogen-bond donors (Lipinski definition) is 0. The number of aromatic nitrogens is 2. The van der Waals surface area contributed by atoms with Gasteiger partial charge in [0.15, 0.2) is 0 Å². The van der Waals surface area contributed by atoms with Crippen LogP contribution in [-0.2, 0) is 0 Å². The fourth-order valence-electron chi connectivity index (χ4n) is 3.52. The fraction of sp³-hybridized carbons (Fsp3) is 0.286. The van der Waals surface area contributed by atoms with Gasteiger partial charge in [0.2, 0.25) is 0 Å². The van der Waals surface area contributed by atoms with E-state index >= 15 is 0 Å². The molecule has 4 nitrogen and oxygen atoms in total. The van der Waals surface area contributed by atoms with Crippen LogP contribution in [0.25, 0.3) is 10.9 Å². The van der Waals surface area contributed by atoms with E-state index in [1.165, 1.54) is 19.3 Å². The first-order valence-electron chi connectivity index (χ1n) is 8.93. The number of carbonyl (C=O) groups is 1. The fourth-order valence-corrected chi connectivity index (χ4v) is 3.52. The van der Waals surface area contributed by atoms with Crippen molar-refractivity contribution in [3.05, 3.63) is 72.0 Å². The molecule has 0 aliphatic heterocycles. The maximum atomic E-state index is 13.2. The second-order valence-electron chi connectivity index (χ2n) is 6.53. The van der Waals surface area contributed by atoms with Gasteiger partial charge in [-0.15, -0.1) is 0 Å². The van der Waals surface area contributed by atoms with E-state index in [0.29, 0.717) is 11.6 Å². The molecular formula is C21H21N3O. The van der Waals surface area contributed by atoms with Gasteiger partial charge in [0.25, 0.3) is 5.91 Å². The molecule has 1 aromatic carbocycles. The molecule has 4 rings (SSSR count). The zero-order chi connectivity index (χ0) is 17.1. The van der Waals surface area contributed by atoms with Crippen LogP contribution in [0.2, 0.25) is 0 Å². The van der Waals surface area contributed by atoms with Crippen LogP contribution < -0.4 is 5.49 Å². The first-order chi connectivity index (χ1) is 12.3. The molecule has 0 spiro atoms. The van der Waals surface area contributed by atoms with Gasteiger partial charge in [-0.25, -0.2) is 0 Å². The van der Waals surface area contributed by atoms with Crippen molar-refractivity contribution in [3.63, 3.8) is 0 Å². The molecule has 1 aliphatic carbocycles. The van der Waals surface area contributed by atoms with E-state index in [-0.39, 0.29) is 5.91 Å². The number of hydrogen-bond acceptors (Lipinski definition) is 3. The summed E-state index contributed by atoms with van der Waals surface area (Å²) in [7, 11) is 0. The van der Waals surface area contributed by atoms with E-state index in [4.69, 9.17) is 4.99 Å². The summed E-state index contributed by atoms with van der Waals surface area (Å²) in [5.41, 5.74) is 2.22. The molecule has 126 valence electrons. The molecule has 0 radical (unpaired) electrons. The minimum absolute atomic E-state index is 0.0613. The zero-order valence-corrected chi connectivity index (χ0v) is 14.1. The highest BCUT2D eigenvalue weighted by Crippen LogP contribution is 2.20. The van der Waals surface area contributed by atoms with Crippen LogP contribution in [0.4, 0.5) is 0 Å². The summed E-state index contributed by atoms with van der Waals surface area (Å²) in [5.74, 6) is -0.0613. The van der Waals surface area contributed by atoms with Crippen molar-refractivity contribution in [1.82, 2.24) is 9.55 Å². The Morgan fingerprint density at radius 1 is 1.00 bits per heavy atom. The topological polar surface area (TPSA) is 47.2 Å². The number of nitrogens with zero attached hydrogens (tertiary/aromatic N) is 3. The Hall–Kier alpha value is -2.75. The molecule has 2 heterocycles. The first-order valence-corrected chi connectivity index (χ1v) is 8.93. The second-order valence-corrected chi connectivity index (χ2v) is 6.53. The second kappa shape index (κ2) is 7.01. The molecule has 2 aromatic heterocycles. The van der Waals surface area contributed by atoms with Crippen LogP contribution in [0.15, 0.2) is 65.9 Å². The highest BCUT2D eigenvalue weighted by molar-refractivity contribution is 6.06. The molecule has 0 bridgehead atoms. The normalized spacial score (nSPS) is 16.2.